The van der Waals surface area contributed by atoms with Crippen molar-refractivity contribution in [2.45, 2.75) is 38.8 Å². The average Bonchev–Trinajstić information content (AvgIpc) is 2.96. The van der Waals surface area contributed by atoms with E-state index in [1.54, 1.807) is 6.26 Å². The van der Waals surface area contributed by atoms with Crippen LogP contribution in [0.3, 0.4) is 0 Å². The third kappa shape index (κ3) is 4.34. The van der Waals surface area contributed by atoms with Gasteiger partial charge in [0.1, 0.15) is 0 Å². The first-order chi connectivity index (χ1) is 7.90. The molecule has 0 saturated carbocycles. The summed E-state index contributed by atoms with van der Waals surface area (Å²) >= 11 is 0. The number of hydrogen-bond donors (Lipinski definition) is 1. The second-order valence-electron chi connectivity index (χ2n) is 4.57. The minimum Gasteiger partial charge on any atom is -0.472 e. The van der Waals surface area contributed by atoms with Gasteiger partial charge in [0.05, 0.1) is 12.5 Å². The van der Waals surface area contributed by atoms with E-state index in [-0.39, 0.29) is 12.4 Å². The fourth-order valence-corrected chi connectivity index (χ4v) is 2.41. The summed E-state index contributed by atoms with van der Waals surface area (Å²) in [5, 5.41) is 3.51. The Labute approximate surface area is 110 Å². The Bertz CT molecular complexity index is 284. The van der Waals surface area contributed by atoms with Gasteiger partial charge in [0, 0.05) is 24.7 Å². The van der Waals surface area contributed by atoms with Crippen molar-refractivity contribution in [1.29, 1.82) is 0 Å². The number of nitrogens with one attached hydrogen (secondary N) is 1. The zero-order valence-electron chi connectivity index (χ0n) is 10.5. The SMILES string of the molecule is CCC(CNCc1ccoc1)N1CCCC1.Cl. The first-order valence-corrected chi connectivity index (χ1v) is 6.36. The van der Waals surface area contributed by atoms with Gasteiger partial charge < -0.3 is 9.73 Å². The van der Waals surface area contributed by atoms with Crippen LogP contribution in [0.25, 0.3) is 0 Å². The van der Waals surface area contributed by atoms with E-state index >= 15 is 0 Å². The Kier molecular flexibility index (Phi) is 6.63. The predicted molar refractivity (Wildman–Crippen MR) is 72.5 cm³/mol. The van der Waals surface area contributed by atoms with E-state index in [2.05, 4.69) is 17.1 Å². The average molecular weight is 259 g/mol. The van der Waals surface area contributed by atoms with Crippen LogP contribution in [0.1, 0.15) is 31.7 Å². The van der Waals surface area contributed by atoms with Gasteiger partial charge in [-0.2, -0.15) is 0 Å². The first-order valence-electron chi connectivity index (χ1n) is 6.36. The van der Waals surface area contributed by atoms with Crippen LogP contribution in [0, 0.1) is 0 Å². The minimum absolute atomic E-state index is 0. The lowest BCUT2D eigenvalue weighted by Gasteiger charge is -2.26. The lowest BCUT2D eigenvalue weighted by Crippen LogP contribution is -2.40. The summed E-state index contributed by atoms with van der Waals surface area (Å²) in [6.07, 6.45) is 7.52. The number of likely N-dealkylation sites (tertiary alicyclic amines) is 1. The summed E-state index contributed by atoms with van der Waals surface area (Å²) in [7, 11) is 0. The minimum atomic E-state index is 0. The number of hydrogen-bond acceptors (Lipinski definition) is 3. The highest BCUT2D eigenvalue weighted by Crippen LogP contribution is 2.13. The summed E-state index contributed by atoms with van der Waals surface area (Å²) in [5.41, 5.74) is 1.23. The van der Waals surface area contributed by atoms with Crippen LogP contribution in [0.2, 0.25) is 0 Å². The quantitative estimate of drug-likeness (QED) is 0.851. The molecule has 98 valence electrons. The van der Waals surface area contributed by atoms with E-state index in [4.69, 9.17) is 4.42 Å². The van der Waals surface area contributed by atoms with Crippen LogP contribution in [0.15, 0.2) is 23.0 Å². The molecule has 0 amide bonds. The molecule has 1 aliphatic rings. The molecular formula is C13H23ClN2O. The van der Waals surface area contributed by atoms with Crippen molar-refractivity contribution in [3.63, 3.8) is 0 Å². The molecule has 1 unspecified atom stereocenters. The maximum Gasteiger partial charge on any atom is 0.0947 e. The Balaban J connectivity index is 0.00000144. The lowest BCUT2D eigenvalue weighted by atomic mass is 10.2. The number of rotatable bonds is 6. The highest BCUT2D eigenvalue weighted by Gasteiger charge is 2.19. The molecule has 17 heavy (non-hydrogen) atoms. The van der Waals surface area contributed by atoms with E-state index < -0.39 is 0 Å². The molecule has 0 bridgehead atoms. The van der Waals surface area contributed by atoms with Crippen molar-refractivity contribution in [1.82, 2.24) is 10.2 Å². The fraction of sp³-hybridized carbons (Fsp3) is 0.692. The fourth-order valence-electron chi connectivity index (χ4n) is 2.41. The van der Waals surface area contributed by atoms with Crippen molar-refractivity contribution in [2.75, 3.05) is 19.6 Å². The maximum atomic E-state index is 5.05. The van der Waals surface area contributed by atoms with Crippen LogP contribution >= 0.6 is 12.4 Å². The van der Waals surface area contributed by atoms with Crippen LogP contribution in [0.5, 0.6) is 0 Å². The first kappa shape index (κ1) is 14.6. The number of nitrogens with zero attached hydrogens (tertiary/aromatic N) is 1. The Morgan fingerprint density at radius 2 is 2.18 bits per heavy atom. The molecule has 1 aromatic rings. The molecule has 0 aromatic carbocycles. The van der Waals surface area contributed by atoms with Gasteiger partial charge in [-0.25, -0.2) is 0 Å². The van der Waals surface area contributed by atoms with Crippen LogP contribution in [0.4, 0.5) is 0 Å². The van der Waals surface area contributed by atoms with Crippen molar-refractivity contribution in [3.05, 3.63) is 24.2 Å². The Morgan fingerprint density at radius 1 is 1.41 bits per heavy atom. The van der Waals surface area contributed by atoms with Crippen molar-refractivity contribution >= 4 is 12.4 Å². The van der Waals surface area contributed by atoms with Gasteiger partial charge in [0.2, 0.25) is 0 Å². The smallest absolute Gasteiger partial charge is 0.0947 e. The van der Waals surface area contributed by atoms with Gasteiger partial charge in [-0.15, -0.1) is 12.4 Å². The summed E-state index contributed by atoms with van der Waals surface area (Å²) in [6.45, 7) is 6.85. The molecule has 2 rings (SSSR count). The number of halogens is 1. The van der Waals surface area contributed by atoms with Crippen molar-refractivity contribution in [2.24, 2.45) is 0 Å². The molecule has 3 nitrogen and oxygen atoms in total. The normalized spacial score (nSPS) is 17.9. The van der Waals surface area contributed by atoms with Crippen LogP contribution in [-0.4, -0.2) is 30.6 Å². The molecule has 4 heteroatoms. The standard InChI is InChI=1S/C13H22N2O.ClH/c1-2-13(15-6-3-4-7-15)10-14-9-12-5-8-16-11-12;/h5,8,11,13-14H,2-4,6-7,9-10H2,1H3;1H. The van der Waals surface area contributed by atoms with Crippen LogP contribution in [-0.2, 0) is 6.54 Å². The van der Waals surface area contributed by atoms with Crippen molar-refractivity contribution < 1.29 is 4.42 Å². The monoisotopic (exact) mass is 258 g/mol. The van der Waals surface area contributed by atoms with Gasteiger partial charge in [-0.05, 0) is 38.4 Å². The maximum absolute atomic E-state index is 5.05. The van der Waals surface area contributed by atoms with Gasteiger partial charge in [-0.1, -0.05) is 6.92 Å². The highest BCUT2D eigenvalue weighted by atomic mass is 35.5. The van der Waals surface area contributed by atoms with E-state index in [1.807, 2.05) is 12.3 Å². The largest absolute Gasteiger partial charge is 0.472 e. The van der Waals surface area contributed by atoms with E-state index in [9.17, 15) is 0 Å². The summed E-state index contributed by atoms with van der Waals surface area (Å²) in [5.74, 6) is 0. The molecule has 1 fully saturated rings. The molecule has 1 atom stereocenters. The van der Waals surface area contributed by atoms with E-state index in [0.717, 1.165) is 13.1 Å². The van der Waals surface area contributed by atoms with Gasteiger partial charge in [0.25, 0.3) is 0 Å². The molecule has 2 heterocycles. The Hall–Kier alpha value is -0.510. The van der Waals surface area contributed by atoms with Gasteiger partial charge in [-0.3, -0.25) is 4.90 Å². The second kappa shape index (κ2) is 7.75. The summed E-state index contributed by atoms with van der Waals surface area (Å²) in [6, 6.07) is 2.72. The highest BCUT2D eigenvalue weighted by molar-refractivity contribution is 5.85. The van der Waals surface area contributed by atoms with E-state index in [1.165, 1.54) is 37.9 Å². The molecular weight excluding hydrogens is 236 g/mol. The molecule has 1 N–H and O–H groups in total. The lowest BCUT2D eigenvalue weighted by molar-refractivity contribution is 0.229. The van der Waals surface area contributed by atoms with Gasteiger partial charge in [0.15, 0.2) is 0 Å². The summed E-state index contributed by atoms with van der Waals surface area (Å²) < 4.78 is 5.05. The van der Waals surface area contributed by atoms with Crippen molar-refractivity contribution in [3.8, 4) is 0 Å². The zero-order valence-corrected chi connectivity index (χ0v) is 11.3. The predicted octanol–water partition coefficient (Wildman–Crippen LogP) is 2.67. The van der Waals surface area contributed by atoms with Gasteiger partial charge >= 0.3 is 0 Å². The summed E-state index contributed by atoms with van der Waals surface area (Å²) in [4.78, 5) is 2.61. The second-order valence-corrected chi connectivity index (χ2v) is 4.57. The third-order valence-electron chi connectivity index (χ3n) is 3.42. The molecule has 1 saturated heterocycles. The van der Waals surface area contributed by atoms with E-state index in [0.29, 0.717) is 6.04 Å². The topological polar surface area (TPSA) is 28.4 Å². The molecule has 1 aromatic heterocycles. The number of furan rings is 1. The Morgan fingerprint density at radius 3 is 2.76 bits per heavy atom. The molecule has 1 aliphatic heterocycles. The molecule has 0 radical (unpaired) electrons. The van der Waals surface area contributed by atoms with Crippen LogP contribution < -0.4 is 5.32 Å². The zero-order chi connectivity index (χ0) is 11.2. The molecule has 0 aliphatic carbocycles. The third-order valence-corrected chi connectivity index (χ3v) is 3.42. The molecule has 0 spiro atoms.